The highest BCUT2D eigenvalue weighted by molar-refractivity contribution is 6.33. The molecule has 1 fully saturated rings. The van der Waals surface area contributed by atoms with Crippen molar-refractivity contribution >= 4 is 17.3 Å². The number of halogens is 2. The summed E-state index contributed by atoms with van der Waals surface area (Å²) in [5.41, 5.74) is 0.142. The minimum Gasteiger partial charge on any atom is -0.380 e. The van der Waals surface area contributed by atoms with Crippen LogP contribution in [-0.4, -0.2) is 19.1 Å². The SMILES string of the molecule is CC(C)(F)c1ccc(NC2CCNC2)c(Cl)c1. The molecule has 0 spiro atoms. The second kappa shape index (κ2) is 4.83. The Kier molecular flexibility index (Phi) is 3.59. The Hall–Kier alpha value is -0.800. The Morgan fingerprint density at radius 1 is 1.47 bits per heavy atom. The molecule has 0 bridgehead atoms. The van der Waals surface area contributed by atoms with Gasteiger partial charge in [-0.2, -0.15) is 0 Å². The molecule has 1 saturated heterocycles. The van der Waals surface area contributed by atoms with Crippen LogP contribution in [0, 0.1) is 0 Å². The lowest BCUT2D eigenvalue weighted by Gasteiger charge is -2.18. The van der Waals surface area contributed by atoms with Gasteiger partial charge in [0.2, 0.25) is 0 Å². The van der Waals surface area contributed by atoms with Crippen LogP contribution in [0.1, 0.15) is 25.8 Å². The van der Waals surface area contributed by atoms with Crippen molar-refractivity contribution in [2.45, 2.75) is 32.0 Å². The minimum absolute atomic E-state index is 0.414. The maximum atomic E-state index is 13.7. The largest absolute Gasteiger partial charge is 0.380 e. The summed E-state index contributed by atoms with van der Waals surface area (Å²) in [5, 5.41) is 7.24. The van der Waals surface area contributed by atoms with Gasteiger partial charge in [0.25, 0.3) is 0 Å². The van der Waals surface area contributed by atoms with E-state index in [-0.39, 0.29) is 0 Å². The Morgan fingerprint density at radius 3 is 2.76 bits per heavy atom. The van der Waals surface area contributed by atoms with Gasteiger partial charge in [0, 0.05) is 12.6 Å². The van der Waals surface area contributed by atoms with Crippen LogP contribution in [0.4, 0.5) is 10.1 Å². The molecule has 1 heterocycles. The number of benzene rings is 1. The van der Waals surface area contributed by atoms with Crippen LogP contribution in [0.15, 0.2) is 18.2 Å². The van der Waals surface area contributed by atoms with Gasteiger partial charge in [-0.25, -0.2) is 4.39 Å². The first-order valence-corrected chi connectivity index (χ1v) is 6.31. The molecule has 1 aromatic carbocycles. The number of rotatable bonds is 3. The molecule has 17 heavy (non-hydrogen) atoms. The van der Waals surface area contributed by atoms with Gasteiger partial charge in [0.1, 0.15) is 5.67 Å². The zero-order valence-electron chi connectivity index (χ0n) is 10.2. The molecule has 2 N–H and O–H groups in total. The smallest absolute Gasteiger partial charge is 0.130 e. The van der Waals surface area contributed by atoms with E-state index in [1.54, 1.807) is 12.1 Å². The average molecular weight is 257 g/mol. The topological polar surface area (TPSA) is 24.1 Å². The van der Waals surface area contributed by atoms with E-state index in [9.17, 15) is 4.39 Å². The molecule has 0 aliphatic carbocycles. The number of hydrogen-bond donors (Lipinski definition) is 2. The van der Waals surface area contributed by atoms with Crippen LogP contribution in [-0.2, 0) is 5.67 Å². The summed E-state index contributed by atoms with van der Waals surface area (Å²) in [5.74, 6) is 0. The zero-order chi connectivity index (χ0) is 12.5. The third kappa shape index (κ3) is 3.11. The van der Waals surface area contributed by atoms with E-state index in [1.165, 1.54) is 13.8 Å². The predicted octanol–water partition coefficient (Wildman–Crippen LogP) is 3.32. The maximum absolute atomic E-state index is 13.7. The fourth-order valence-electron chi connectivity index (χ4n) is 2.00. The highest BCUT2D eigenvalue weighted by atomic mass is 35.5. The summed E-state index contributed by atoms with van der Waals surface area (Å²) in [6.45, 7) is 5.05. The first-order valence-electron chi connectivity index (χ1n) is 5.93. The number of anilines is 1. The van der Waals surface area contributed by atoms with Crippen molar-refractivity contribution in [3.63, 3.8) is 0 Å². The lowest BCUT2D eigenvalue weighted by Crippen LogP contribution is -2.22. The highest BCUT2D eigenvalue weighted by Crippen LogP contribution is 2.31. The lowest BCUT2D eigenvalue weighted by molar-refractivity contribution is 0.221. The van der Waals surface area contributed by atoms with E-state index in [0.29, 0.717) is 16.6 Å². The average Bonchev–Trinajstić information content (AvgIpc) is 2.72. The van der Waals surface area contributed by atoms with Gasteiger partial charge in [0.05, 0.1) is 10.7 Å². The minimum atomic E-state index is -1.35. The summed E-state index contributed by atoms with van der Waals surface area (Å²) < 4.78 is 13.7. The standard InChI is InChI=1S/C13H18ClFN2/c1-13(2,15)9-3-4-12(11(14)7-9)17-10-5-6-16-8-10/h3-4,7,10,16-17H,5-6,8H2,1-2H3. The van der Waals surface area contributed by atoms with Gasteiger partial charge >= 0.3 is 0 Å². The first kappa shape index (κ1) is 12.7. The van der Waals surface area contributed by atoms with Crippen molar-refractivity contribution in [1.29, 1.82) is 0 Å². The summed E-state index contributed by atoms with van der Waals surface area (Å²) >= 11 is 6.16. The van der Waals surface area contributed by atoms with E-state index >= 15 is 0 Å². The van der Waals surface area contributed by atoms with Gasteiger partial charge < -0.3 is 10.6 Å². The van der Waals surface area contributed by atoms with Crippen molar-refractivity contribution in [2.24, 2.45) is 0 Å². The van der Waals surface area contributed by atoms with Crippen LogP contribution < -0.4 is 10.6 Å². The molecule has 2 nitrogen and oxygen atoms in total. The fraction of sp³-hybridized carbons (Fsp3) is 0.538. The van der Waals surface area contributed by atoms with E-state index in [2.05, 4.69) is 10.6 Å². The van der Waals surface area contributed by atoms with Gasteiger partial charge in [-0.3, -0.25) is 0 Å². The fourth-order valence-corrected chi connectivity index (χ4v) is 2.23. The summed E-state index contributed by atoms with van der Waals surface area (Å²) in [4.78, 5) is 0. The molecular weight excluding hydrogens is 239 g/mol. The normalized spacial score (nSPS) is 20.6. The Morgan fingerprint density at radius 2 is 2.24 bits per heavy atom. The van der Waals surface area contributed by atoms with Gasteiger partial charge in [-0.1, -0.05) is 17.7 Å². The second-order valence-corrected chi connectivity index (χ2v) is 5.41. The zero-order valence-corrected chi connectivity index (χ0v) is 10.9. The van der Waals surface area contributed by atoms with Gasteiger partial charge in [-0.15, -0.1) is 0 Å². The molecule has 0 saturated carbocycles. The van der Waals surface area contributed by atoms with E-state index < -0.39 is 5.67 Å². The van der Waals surface area contributed by atoms with Gasteiger partial charge in [0.15, 0.2) is 0 Å². The number of alkyl halides is 1. The molecule has 1 aliphatic heterocycles. The van der Waals surface area contributed by atoms with E-state index in [4.69, 9.17) is 11.6 Å². The maximum Gasteiger partial charge on any atom is 0.130 e. The Bertz CT molecular complexity index is 395. The van der Waals surface area contributed by atoms with E-state index in [0.717, 1.165) is 25.2 Å². The van der Waals surface area contributed by atoms with Crippen molar-refractivity contribution in [3.8, 4) is 0 Å². The van der Waals surface area contributed by atoms with Crippen LogP contribution in [0.5, 0.6) is 0 Å². The molecule has 0 radical (unpaired) electrons. The lowest BCUT2D eigenvalue weighted by atomic mass is 10.00. The van der Waals surface area contributed by atoms with Crippen LogP contribution >= 0.6 is 11.6 Å². The summed E-state index contributed by atoms with van der Waals surface area (Å²) in [6, 6.07) is 5.76. The van der Waals surface area contributed by atoms with Crippen LogP contribution in [0.2, 0.25) is 5.02 Å². The number of hydrogen-bond acceptors (Lipinski definition) is 2. The molecule has 0 amide bonds. The van der Waals surface area contributed by atoms with Crippen molar-refractivity contribution in [1.82, 2.24) is 5.32 Å². The van der Waals surface area contributed by atoms with Gasteiger partial charge in [-0.05, 0) is 44.5 Å². The molecule has 0 aromatic heterocycles. The Labute approximate surface area is 107 Å². The van der Waals surface area contributed by atoms with Crippen molar-refractivity contribution < 1.29 is 4.39 Å². The van der Waals surface area contributed by atoms with Crippen molar-refractivity contribution in [3.05, 3.63) is 28.8 Å². The third-order valence-corrected chi connectivity index (χ3v) is 3.39. The second-order valence-electron chi connectivity index (χ2n) is 5.00. The predicted molar refractivity (Wildman–Crippen MR) is 70.5 cm³/mol. The monoisotopic (exact) mass is 256 g/mol. The van der Waals surface area contributed by atoms with Crippen molar-refractivity contribution in [2.75, 3.05) is 18.4 Å². The quantitative estimate of drug-likeness (QED) is 0.867. The van der Waals surface area contributed by atoms with E-state index in [1.807, 2.05) is 6.07 Å². The molecular formula is C13H18ClFN2. The molecule has 1 unspecified atom stereocenters. The highest BCUT2D eigenvalue weighted by Gasteiger charge is 2.20. The molecule has 1 aromatic rings. The van der Waals surface area contributed by atoms with Crippen LogP contribution in [0.3, 0.4) is 0 Å². The number of nitrogens with one attached hydrogen (secondary N) is 2. The van der Waals surface area contributed by atoms with Crippen LogP contribution in [0.25, 0.3) is 0 Å². The summed E-state index contributed by atoms with van der Waals surface area (Å²) in [7, 11) is 0. The molecule has 2 rings (SSSR count). The Balaban J connectivity index is 2.14. The molecule has 1 aliphatic rings. The molecule has 94 valence electrons. The molecule has 1 atom stereocenters. The third-order valence-electron chi connectivity index (χ3n) is 3.08. The molecule has 4 heteroatoms. The first-order chi connectivity index (χ1) is 7.97. The summed E-state index contributed by atoms with van der Waals surface area (Å²) in [6.07, 6.45) is 1.09.